The predicted molar refractivity (Wildman–Crippen MR) is 86.0 cm³/mol. The van der Waals surface area contributed by atoms with Crippen LogP contribution < -0.4 is 5.32 Å². The Morgan fingerprint density at radius 2 is 2.18 bits per heavy atom. The van der Waals surface area contributed by atoms with Gasteiger partial charge in [-0.3, -0.25) is 4.79 Å². The summed E-state index contributed by atoms with van der Waals surface area (Å²) in [4.78, 5) is 24.6. The van der Waals surface area contributed by atoms with Gasteiger partial charge in [0.05, 0.1) is 12.2 Å². The normalized spacial score (nSPS) is 23.2. The quantitative estimate of drug-likeness (QED) is 0.801. The van der Waals surface area contributed by atoms with Gasteiger partial charge in [-0.2, -0.15) is 11.8 Å². The van der Waals surface area contributed by atoms with Crippen molar-refractivity contribution in [1.82, 2.24) is 5.32 Å². The second-order valence-electron chi connectivity index (χ2n) is 5.67. The van der Waals surface area contributed by atoms with Crippen LogP contribution in [0.1, 0.15) is 29.8 Å². The number of nitrogens with one attached hydrogen (secondary N) is 1. The van der Waals surface area contributed by atoms with Crippen molar-refractivity contribution in [3.8, 4) is 0 Å². The van der Waals surface area contributed by atoms with Crippen molar-refractivity contribution >= 4 is 23.6 Å². The Hall–Kier alpha value is -1.53. The maximum absolute atomic E-state index is 12.5. The minimum absolute atomic E-state index is 0.0258. The van der Waals surface area contributed by atoms with E-state index in [1.54, 1.807) is 19.1 Å². The zero-order valence-electron chi connectivity index (χ0n) is 13.0. The number of carbonyl (C=O) groups excluding carboxylic acids is 2. The molecule has 0 aliphatic carbocycles. The summed E-state index contributed by atoms with van der Waals surface area (Å²) in [6.07, 6.45) is 2.22. The number of cyclic esters (lactones) is 1. The first-order chi connectivity index (χ1) is 10.4. The van der Waals surface area contributed by atoms with E-state index >= 15 is 0 Å². The number of thioether (sulfide) groups is 1. The molecule has 1 heterocycles. The molecule has 1 amide bonds. The van der Waals surface area contributed by atoms with Gasteiger partial charge < -0.3 is 15.2 Å². The Kier molecular flexibility index (Phi) is 5.13. The number of esters is 1. The van der Waals surface area contributed by atoms with E-state index in [0.29, 0.717) is 12.0 Å². The molecule has 120 valence electrons. The molecule has 1 aromatic rings. The summed E-state index contributed by atoms with van der Waals surface area (Å²) >= 11 is 1.48. The Morgan fingerprint density at radius 1 is 1.50 bits per heavy atom. The van der Waals surface area contributed by atoms with Crippen molar-refractivity contribution in [3.05, 3.63) is 35.4 Å². The van der Waals surface area contributed by atoms with Gasteiger partial charge >= 0.3 is 5.97 Å². The average molecular weight is 323 g/mol. The number of aliphatic hydroxyl groups excluding tert-OH is 1. The van der Waals surface area contributed by atoms with Crippen LogP contribution in [0.5, 0.6) is 0 Å². The number of ether oxygens (including phenoxy) is 1. The Morgan fingerprint density at radius 3 is 2.82 bits per heavy atom. The van der Waals surface area contributed by atoms with Gasteiger partial charge in [0, 0.05) is 17.7 Å². The smallest absolute Gasteiger partial charge is 0.339 e. The molecule has 1 aromatic carbocycles. The molecule has 3 atom stereocenters. The number of carbonyl (C=O) groups is 2. The summed E-state index contributed by atoms with van der Waals surface area (Å²) in [6.45, 7) is 3.43. The van der Waals surface area contributed by atoms with E-state index in [-0.39, 0.29) is 23.8 Å². The monoisotopic (exact) mass is 323 g/mol. The van der Waals surface area contributed by atoms with Crippen molar-refractivity contribution in [2.75, 3.05) is 12.9 Å². The molecule has 0 unspecified atom stereocenters. The van der Waals surface area contributed by atoms with Crippen LogP contribution >= 0.6 is 11.8 Å². The molecule has 0 aromatic heterocycles. The molecule has 2 rings (SSSR count). The minimum Gasteiger partial charge on any atom is -0.445 e. The molecule has 6 heteroatoms. The van der Waals surface area contributed by atoms with E-state index in [1.165, 1.54) is 11.8 Å². The molecule has 0 saturated carbocycles. The van der Waals surface area contributed by atoms with Gasteiger partial charge in [0.15, 0.2) is 5.60 Å². The molecular weight excluding hydrogens is 302 g/mol. The van der Waals surface area contributed by atoms with Crippen LogP contribution in [-0.4, -0.2) is 46.7 Å². The maximum atomic E-state index is 12.5. The van der Waals surface area contributed by atoms with Crippen LogP contribution in [0.3, 0.4) is 0 Å². The van der Waals surface area contributed by atoms with Crippen LogP contribution in [0.25, 0.3) is 0 Å². The molecule has 0 saturated heterocycles. The molecule has 0 radical (unpaired) electrons. The lowest BCUT2D eigenvalue weighted by atomic mass is 9.89. The fraction of sp³-hybridized carbons (Fsp3) is 0.500. The second-order valence-corrected chi connectivity index (χ2v) is 6.75. The number of hydrogen-bond acceptors (Lipinski definition) is 5. The van der Waals surface area contributed by atoms with Crippen molar-refractivity contribution in [2.45, 2.75) is 37.2 Å². The summed E-state index contributed by atoms with van der Waals surface area (Å²) in [5.74, 6) is -0.814. The standard InChI is InChI=1S/C16H21NO4S/c1-10(13(9-18)22-3)17-15(20)16(2)8-11-6-4-5-7-12(11)14(19)21-16/h4-7,10,13,18H,8-9H2,1-3H3,(H,17,20)/t10-,13+,16+/m0/s1. The Balaban J connectivity index is 2.15. The van der Waals surface area contributed by atoms with Crippen molar-refractivity contribution in [3.63, 3.8) is 0 Å². The highest BCUT2D eigenvalue weighted by Crippen LogP contribution is 2.28. The third-order valence-corrected chi connectivity index (χ3v) is 5.13. The van der Waals surface area contributed by atoms with E-state index < -0.39 is 11.6 Å². The van der Waals surface area contributed by atoms with Gasteiger partial charge in [0.1, 0.15) is 0 Å². The number of fused-ring (bicyclic) bond motifs is 1. The third-order valence-electron chi connectivity index (χ3n) is 3.96. The van der Waals surface area contributed by atoms with Crippen LogP contribution in [-0.2, 0) is 16.0 Å². The second kappa shape index (κ2) is 6.71. The summed E-state index contributed by atoms with van der Waals surface area (Å²) in [5.41, 5.74) is 0.101. The zero-order chi connectivity index (χ0) is 16.3. The lowest BCUT2D eigenvalue weighted by molar-refractivity contribution is -0.140. The predicted octanol–water partition coefficient (Wildman–Crippen LogP) is 1.39. The lowest BCUT2D eigenvalue weighted by Crippen LogP contribution is -2.55. The highest BCUT2D eigenvalue weighted by Gasteiger charge is 2.43. The highest BCUT2D eigenvalue weighted by atomic mass is 32.2. The van der Waals surface area contributed by atoms with Crippen molar-refractivity contribution in [1.29, 1.82) is 0 Å². The van der Waals surface area contributed by atoms with Gasteiger partial charge in [-0.05, 0) is 31.7 Å². The fourth-order valence-corrected chi connectivity index (χ4v) is 3.17. The first kappa shape index (κ1) is 16.8. The third kappa shape index (κ3) is 3.28. The SMILES string of the molecule is CS[C@H](CO)[C@H](C)NC(=O)[C@@]1(C)Cc2ccccc2C(=O)O1. The minimum atomic E-state index is -1.22. The Bertz CT molecular complexity index is 573. The summed E-state index contributed by atoms with van der Waals surface area (Å²) in [5, 5.41) is 12.0. The average Bonchev–Trinajstić information content (AvgIpc) is 2.48. The zero-order valence-corrected chi connectivity index (χ0v) is 13.8. The summed E-state index contributed by atoms with van der Waals surface area (Å²) < 4.78 is 5.39. The Labute approximate surface area is 134 Å². The maximum Gasteiger partial charge on any atom is 0.339 e. The molecule has 1 aliphatic heterocycles. The molecule has 22 heavy (non-hydrogen) atoms. The summed E-state index contributed by atoms with van der Waals surface area (Å²) in [6, 6.07) is 6.93. The number of benzene rings is 1. The molecule has 0 fully saturated rings. The van der Waals surface area contributed by atoms with Gasteiger partial charge in [-0.25, -0.2) is 4.79 Å². The molecule has 2 N–H and O–H groups in total. The number of aliphatic hydroxyl groups is 1. The number of amides is 1. The lowest BCUT2D eigenvalue weighted by Gasteiger charge is -2.34. The first-order valence-electron chi connectivity index (χ1n) is 7.17. The van der Waals surface area contributed by atoms with E-state index in [1.807, 2.05) is 25.3 Å². The van der Waals surface area contributed by atoms with Gasteiger partial charge in [-0.1, -0.05) is 18.2 Å². The first-order valence-corrected chi connectivity index (χ1v) is 8.46. The number of rotatable bonds is 5. The molecule has 1 aliphatic rings. The van der Waals surface area contributed by atoms with Crippen LogP contribution in [0.15, 0.2) is 24.3 Å². The van der Waals surface area contributed by atoms with E-state index in [4.69, 9.17) is 4.74 Å². The van der Waals surface area contributed by atoms with Gasteiger partial charge in [0.25, 0.3) is 5.91 Å². The van der Waals surface area contributed by atoms with E-state index in [0.717, 1.165) is 5.56 Å². The molecule has 5 nitrogen and oxygen atoms in total. The van der Waals surface area contributed by atoms with Gasteiger partial charge in [-0.15, -0.1) is 0 Å². The van der Waals surface area contributed by atoms with Crippen LogP contribution in [0.2, 0.25) is 0 Å². The highest BCUT2D eigenvalue weighted by molar-refractivity contribution is 7.99. The van der Waals surface area contributed by atoms with Crippen LogP contribution in [0.4, 0.5) is 0 Å². The molecule has 0 spiro atoms. The topological polar surface area (TPSA) is 75.6 Å². The van der Waals surface area contributed by atoms with Crippen molar-refractivity contribution in [2.24, 2.45) is 0 Å². The fourth-order valence-electron chi connectivity index (χ4n) is 2.55. The van der Waals surface area contributed by atoms with Crippen LogP contribution in [0, 0.1) is 0 Å². The van der Waals surface area contributed by atoms with E-state index in [2.05, 4.69) is 5.32 Å². The van der Waals surface area contributed by atoms with Crippen molar-refractivity contribution < 1.29 is 19.4 Å². The molecular formula is C16H21NO4S. The summed E-state index contributed by atoms with van der Waals surface area (Å²) in [7, 11) is 0. The van der Waals surface area contributed by atoms with Gasteiger partial charge in [0.2, 0.25) is 0 Å². The van der Waals surface area contributed by atoms with E-state index in [9.17, 15) is 14.7 Å². The molecule has 0 bridgehead atoms. The number of hydrogen-bond donors (Lipinski definition) is 2. The largest absolute Gasteiger partial charge is 0.445 e.